The van der Waals surface area contributed by atoms with E-state index in [1.54, 1.807) is 6.07 Å². The SMILES string of the molecule is O=C1N[C@@]2(C[C@H]3CC[C@@H]2C[C@@H]3C(=O)NCCN2CCCCC2)Oc2ccccc21. The Kier molecular flexibility index (Phi) is 4.98. The number of piperidine rings is 1. The second-order valence-electron chi connectivity index (χ2n) is 9.22. The van der Waals surface area contributed by atoms with Gasteiger partial charge in [0, 0.05) is 31.3 Å². The summed E-state index contributed by atoms with van der Waals surface area (Å²) >= 11 is 0. The first-order valence-corrected chi connectivity index (χ1v) is 11.3. The highest BCUT2D eigenvalue weighted by atomic mass is 16.5. The van der Waals surface area contributed by atoms with E-state index in [2.05, 4.69) is 15.5 Å². The summed E-state index contributed by atoms with van der Waals surface area (Å²) in [5.41, 5.74) is -0.0366. The maximum atomic E-state index is 12.9. The Hall–Kier alpha value is -2.08. The van der Waals surface area contributed by atoms with Crippen LogP contribution in [0.2, 0.25) is 0 Å². The molecular weight excluding hydrogens is 366 g/mol. The molecule has 4 atom stereocenters. The first-order chi connectivity index (χ1) is 14.1. The lowest BCUT2D eigenvalue weighted by Gasteiger charge is -2.55. The molecule has 0 unspecified atom stereocenters. The average Bonchev–Trinajstić information content (AvgIpc) is 2.75. The van der Waals surface area contributed by atoms with Crippen LogP contribution in [0.3, 0.4) is 0 Å². The lowest BCUT2D eigenvalue weighted by molar-refractivity contribution is -0.146. The first kappa shape index (κ1) is 18.9. The van der Waals surface area contributed by atoms with Crippen molar-refractivity contribution in [2.75, 3.05) is 26.2 Å². The van der Waals surface area contributed by atoms with Gasteiger partial charge in [-0.3, -0.25) is 9.59 Å². The lowest BCUT2D eigenvalue weighted by atomic mass is 9.60. The third kappa shape index (κ3) is 3.52. The third-order valence-corrected chi connectivity index (χ3v) is 7.48. The summed E-state index contributed by atoms with van der Waals surface area (Å²) in [5, 5.41) is 6.36. The van der Waals surface area contributed by atoms with Crippen LogP contribution in [-0.2, 0) is 4.79 Å². The van der Waals surface area contributed by atoms with Crippen LogP contribution in [0.5, 0.6) is 5.75 Å². The molecule has 2 bridgehead atoms. The molecule has 156 valence electrons. The number of fused-ring (bicyclic) bond motifs is 3. The van der Waals surface area contributed by atoms with Crippen LogP contribution in [0, 0.1) is 17.8 Å². The molecule has 5 aliphatic rings. The molecule has 29 heavy (non-hydrogen) atoms. The zero-order valence-corrected chi connectivity index (χ0v) is 17.0. The fourth-order valence-corrected chi connectivity index (χ4v) is 5.93. The molecule has 1 aromatic carbocycles. The van der Waals surface area contributed by atoms with Gasteiger partial charge in [-0.2, -0.15) is 0 Å². The quantitative estimate of drug-likeness (QED) is 0.819. The molecule has 1 saturated heterocycles. The van der Waals surface area contributed by atoms with Crippen molar-refractivity contribution < 1.29 is 14.3 Å². The molecular formula is C23H31N3O3. The van der Waals surface area contributed by atoms with Gasteiger partial charge in [-0.1, -0.05) is 18.6 Å². The van der Waals surface area contributed by atoms with Crippen LogP contribution < -0.4 is 15.4 Å². The molecule has 6 nitrogen and oxygen atoms in total. The molecule has 1 spiro atoms. The van der Waals surface area contributed by atoms with Crippen LogP contribution in [0.15, 0.2) is 24.3 Å². The number of ether oxygens (including phenoxy) is 1. The summed E-state index contributed by atoms with van der Waals surface area (Å²) in [7, 11) is 0. The highest BCUT2D eigenvalue weighted by Crippen LogP contribution is 2.52. The number of hydrogen-bond donors (Lipinski definition) is 2. The minimum absolute atomic E-state index is 0.0402. The minimum Gasteiger partial charge on any atom is -0.467 e. The van der Waals surface area contributed by atoms with Gasteiger partial charge in [0.25, 0.3) is 5.91 Å². The molecule has 6 rings (SSSR count). The number of amides is 2. The minimum atomic E-state index is -0.640. The lowest BCUT2D eigenvalue weighted by Crippen LogP contribution is -2.67. The van der Waals surface area contributed by atoms with Crippen LogP contribution in [0.25, 0.3) is 0 Å². The Morgan fingerprint density at radius 3 is 2.83 bits per heavy atom. The highest BCUT2D eigenvalue weighted by molar-refractivity contribution is 5.98. The second-order valence-corrected chi connectivity index (χ2v) is 9.22. The molecule has 3 saturated carbocycles. The van der Waals surface area contributed by atoms with E-state index >= 15 is 0 Å². The average molecular weight is 398 g/mol. The van der Waals surface area contributed by atoms with Crippen molar-refractivity contribution in [2.24, 2.45) is 17.8 Å². The normalized spacial score (nSPS) is 33.7. The van der Waals surface area contributed by atoms with E-state index in [0.29, 0.717) is 11.3 Å². The largest absolute Gasteiger partial charge is 0.467 e. The van der Waals surface area contributed by atoms with Gasteiger partial charge in [-0.05, 0) is 63.2 Å². The van der Waals surface area contributed by atoms with Gasteiger partial charge >= 0.3 is 0 Å². The van der Waals surface area contributed by atoms with Gasteiger partial charge < -0.3 is 20.3 Å². The predicted octanol–water partition coefficient (Wildman–Crippen LogP) is 2.54. The fraction of sp³-hybridized carbons (Fsp3) is 0.652. The smallest absolute Gasteiger partial charge is 0.258 e. The summed E-state index contributed by atoms with van der Waals surface area (Å²) < 4.78 is 6.38. The Bertz CT molecular complexity index is 791. The topological polar surface area (TPSA) is 70.7 Å². The second kappa shape index (κ2) is 7.63. The predicted molar refractivity (Wildman–Crippen MR) is 110 cm³/mol. The van der Waals surface area contributed by atoms with Gasteiger partial charge in [0.2, 0.25) is 5.91 Å². The number of nitrogens with one attached hydrogen (secondary N) is 2. The molecule has 2 aliphatic heterocycles. The van der Waals surface area contributed by atoms with E-state index in [1.807, 2.05) is 18.2 Å². The Morgan fingerprint density at radius 1 is 1.21 bits per heavy atom. The third-order valence-electron chi connectivity index (χ3n) is 7.48. The number of likely N-dealkylation sites (tertiary alicyclic amines) is 1. The van der Waals surface area contributed by atoms with Gasteiger partial charge in [-0.15, -0.1) is 0 Å². The van der Waals surface area contributed by atoms with E-state index in [9.17, 15) is 9.59 Å². The van der Waals surface area contributed by atoms with Crippen LogP contribution in [-0.4, -0.2) is 48.6 Å². The monoisotopic (exact) mass is 397 g/mol. The van der Waals surface area contributed by atoms with Crippen molar-refractivity contribution in [3.63, 3.8) is 0 Å². The maximum Gasteiger partial charge on any atom is 0.258 e. The van der Waals surface area contributed by atoms with Crippen LogP contribution in [0.4, 0.5) is 0 Å². The number of benzene rings is 1. The van der Waals surface area contributed by atoms with Crippen molar-refractivity contribution >= 4 is 11.8 Å². The van der Waals surface area contributed by atoms with Crippen LogP contribution >= 0.6 is 0 Å². The summed E-state index contributed by atoms with van der Waals surface area (Å²) in [4.78, 5) is 28.0. The van der Waals surface area contributed by atoms with Crippen molar-refractivity contribution in [2.45, 2.75) is 50.7 Å². The van der Waals surface area contributed by atoms with E-state index < -0.39 is 5.72 Å². The summed E-state index contributed by atoms with van der Waals surface area (Å²) in [6.07, 6.45) is 7.44. The Morgan fingerprint density at radius 2 is 2.03 bits per heavy atom. The Labute approximate surface area is 172 Å². The van der Waals surface area contributed by atoms with Crippen molar-refractivity contribution in [1.29, 1.82) is 0 Å². The number of hydrogen-bond acceptors (Lipinski definition) is 4. The molecule has 2 heterocycles. The summed E-state index contributed by atoms with van der Waals surface area (Å²) in [6.45, 7) is 4.00. The molecule has 0 aromatic heterocycles. The number of carbonyl (C=O) groups excluding carboxylic acids is 2. The molecule has 2 amide bonds. The van der Waals surface area contributed by atoms with Crippen molar-refractivity contribution in [3.05, 3.63) is 29.8 Å². The number of para-hydroxylation sites is 1. The van der Waals surface area contributed by atoms with Gasteiger partial charge in [0.05, 0.1) is 5.56 Å². The number of rotatable bonds is 4. The number of carbonyl (C=O) groups is 2. The van der Waals surface area contributed by atoms with Crippen LogP contribution in [0.1, 0.15) is 55.3 Å². The molecule has 3 aliphatic carbocycles. The fourth-order valence-electron chi connectivity index (χ4n) is 5.93. The molecule has 0 radical (unpaired) electrons. The first-order valence-electron chi connectivity index (χ1n) is 11.3. The van der Waals surface area contributed by atoms with Crippen molar-refractivity contribution in [3.8, 4) is 5.75 Å². The standard InChI is InChI=1S/C23H31N3O3/c27-21(24-10-13-26-11-4-1-5-12-26)19-14-17-9-8-16(19)15-23(17)25-22(28)18-6-2-3-7-20(18)29-23/h2-3,6-7,16-17,19H,1,4-5,8-15H2,(H,24,27)(H,25,28)/t16-,17-,19+,23+/m1/s1. The zero-order valence-electron chi connectivity index (χ0n) is 17.0. The van der Waals surface area contributed by atoms with E-state index in [4.69, 9.17) is 4.74 Å². The van der Waals surface area contributed by atoms with E-state index in [-0.39, 0.29) is 29.6 Å². The Balaban J connectivity index is 1.21. The molecule has 1 aromatic rings. The van der Waals surface area contributed by atoms with E-state index in [0.717, 1.165) is 51.9 Å². The zero-order chi connectivity index (χ0) is 19.8. The van der Waals surface area contributed by atoms with Gasteiger partial charge in [0.1, 0.15) is 5.75 Å². The number of nitrogens with zero attached hydrogens (tertiary/aromatic N) is 1. The molecule has 2 N–H and O–H groups in total. The molecule has 4 fully saturated rings. The van der Waals surface area contributed by atoms with Gasteiger partial charge in [-0.25, -0.2) is 0 Å². The van der Waals surface area contributed by atoms with Gasteiger partial charge in [0.15, 0.2) is 5.72 Å². The highest BCUT2D eigenvalue weighted by Gasteiger charge is 2.57. The molecule has 6 heteroatoms. The maximum absolute atomic E-state index is 12.9. The summed E-state index contributed by atoms with van der Waals surface area (Å²) in [5.74, 6) is 1.30. The summed E-state index contributed by atoms with van der Waals surface area (Å²) in [6, 6.07) is 7.45. The van der Waals surface area contributed by atoms with E-state index in [1.165, 1.54) is 19.3 Å². The van der Waals surface area contributed by atoms with Crippen molar-refractivity contribution in [1.82, 2.24) is 15.5 Å².